The highest BCUT2D eigenvalue weighted by molar-refractivity contribution is 5.87. The third kappa shape index (κ3) is 5.55. The molecule has 0 unspecified atom stereocenters. The minimum absolute atomic E-state index is 0.0200. The first-order valence-corrected chi connectivity index (χ1v) is 15.6. The highest BCUT2D eigenvalue weighted by atomic mass is 16.5. The minimum atomic E-state index is -0.647. The molecule has 4 aromatic heterocycles. The molecule has 226 valence electrons. The Balaban J connectivity index is 1.37. The number of aromatic nitrogens is 7. The molecule has 7 rings (SSSR count). The van der Waals surface area contributed by atoms with Crippen LogP contribution in [0.25, 0.3) is 22.8 Å². The zero-order valence-corrected chi connectivity index (χ0v) is 24.6. The van der Waals surface area contributed by atoms with Crippen LogP contribution in [0, 0.1) is 17.8 Å². The van der Waals surface area contributed by atoms with Gasteiger partial charge < -0.3 is 19.5 Å². The lowest BCUT2D eigenvalue weighted by Gasteiger charge is -2.37. The van der Waals surface area contributed by atoms with E-state index in [1.807, 2.05) is 24.5 Å². The van der Waals surface area contributed by atoms with Crippen LogP contribution in [-0.4, -0.2) is 60.4 Å². The molecule has 0 spiro atoms. The van der Waals surface area contributed by atoms with Gasteiger partial charge in [-0.1, -0.05) is 17.7 Å². The van der Waals surface area contributed by atoms with Crippen LogP contribution in [0.4, 0.5) is 11.8 Å². The number of fused-ring (bicyclic) bond motifs is 1. The van der Waals surface area contributed by atoms with Crippen LogP contribution in [0.1, 0.15) is 63.5 Å². The normalized spacial score (nSPS) is 23.7. The Labute approximate surface area is 250 Å². The van der Waals surface area contributed by atoms with Gasteiger partial charge in [-0.25, -0.2) is 14.8 Å². The van der Waals surface area contributed by atoms with E-state index in [0.29, 0.717) is 49.0 Å². The Morgan fingerprint density at radius 1 is 1.14 bits per heavy atom. The molecule has 2 aliphatic carbocycles. The molecule has 12 heteroatoms. The topological polar surface area (TPSA) is 140 Å². The summed E-state index contributed by atoms with van der Waals surface area (Å²) in [7, 11) is 0. The minimum Gasteiger partial charge on any atom is -0.377 e. The number of pyridine rings is 1. The predicted molar refractivity (Wildman–Crippen MR) is 163 cm³/mol. The number of hydrogen-bond acceptors (Lipinski definition) is 10. The van der Waals surface area contributed by atoms with Gasteiger partial charge >= 0.3 is 5.76 Å². The van der Waals surface area contributed by atoms with E-state index < -0.39 is 5.76 Å². The second-order valence-electron chi connectivity index (χ2n) is 12.2. The third-order valence-electron chi connectivity index (χ3n) is 9.60. The molecule has 3 fully saturated rings. The Morgan fingerprint density at radius 2 is 1.95 bits per heavy atom. The Hall–Kier alpha value is -4.06. The number of H-pyrrole nitrogens is 1. The maximum atomic E-state index is 11.8. The van der Waals surface area contributed by atoms with Crippen molar-refractivity contribution in [3.8, 4) is 11.6 Å². The van der Waals surface area contributed by atoms with Gasteiger partial charge in [0, 0.05) is 31.5 Å². The zero-order chi connectivity index (χ0) is 29.3. The molecule has 2 saturated carbocycles. The summed E-state index contributed by atoms with van der Waals surface area (Å²) in [4.78, 5) is 36.0. The summed E-state index contributed by atoms with van der Waals surface area (Å²) in [6.07, 6.45) is 14.0. The average Bonchev–Trinajstić information content (AvgIpc) is 3.60. The molecule has 2 N–H and O–H groups in total. The average molecular weight is 586 g/mol. The molecular weight excluding hydrogens is 546 g/mol. The third-order valence-corrected chi connectivity index (χ3v) is 9.60. The number of anilines is 2. The smallest absolute Gasteiger partial charge is 0.377 e. The lowest BCUT2D eigenvalue weighted by Crippen LogP contribution is -2.41. The first-order chi connectivity index (χ1) is 21.1. The van der Waals surface area contributed by atoms with E-state index in [0.717, 1.165) is 49.3 Å². The van der Waals surface area contributed by atoms with E-state index in [1.165, 1.54) is 19.3 Å². The van der Waals surface area contributed by atoms with E-state index in [2.05, 4.69) is 49.5 Å². The number of rotatable bonds is 9. The second kappa shape index (κ2) is 11.9. The van der Waals surface area contributed by atoms with Crippen molar-refractivity contribution in [2.24, 2.45) is 17.8 Å². The largest absolute Gasteiger partial charge is 0.439 e. The van der Waals surface area contributed by atoms with Gasteiger partial charge in [0.2, 0.25) is 17.6 Å². The molecule has 5 heterocycles. The highest BCUT2D eigenvalue weighted by Crippen LogP contribution is 2.38. The van der Waals surface area contributed by atoms with Crippen LogP contribution in [0.5, 0.6) is 0 Å². The number of aromatic amines is 1. The monoisotopic (exact) mass is 585 g/mol. The van der Waals surface area contributed by atoms with Gasteiger partial charge in [0.05, 0.1) is 19.3 Å². The fourth-order valence-corrected chi connectivity index (χ4v) is 6.79. The summed E-state index contributed by atoms with van der Waals surface area (Å²) in [5.41, 5.74) is 2.57. The Morgan fingerprint density at radius 3 is 2.65 bits per heavy atom. The van der Waals surface area contributed by atoms with Crippen molar-refractivity contribution in [3.05, 3.63) is 53.3 Å². The van der Waals surface area contributed by atoms with Crippen molar-refractivity contribution in [3.63, 3.8) is 0 Å². The molecule has 0 radical (unpaired) electrons. The fourth-order valence-electron chi connectivity index (χ4n) is 6.79. The van der Waals surface area contributed by atoms with Crippen molar-refractivity contribution in [1.29, 1.82) is 0 Å². The summed E-state index contributed by atoms with van der Waals surface area (Å²) >= 11 is 0. The van der Waals surface area contributed by atoms with Crippen molar-refractivity contribution in [2.75, 3.05) is 30.0 Å². The number of hydrogen-bond donors (Lipinski definition) is 2. The summed E-state index contributed by atoms with van der Waals surface area (Å²) in [5, 5.41) is 7.61. The number of imidazole rings is 1. The SMILES string of the molecule is C=CC1CCC(Cn2c(N3CCOC[C@H]3c3ccncc3)nc3nc(-c4noc(=O)[nH]4)nc(N[C@H](C)C4CCC4)c32)CC1. The van der Waals surface area contributed by atoms with E-state index in [9.17, 15) is 4.79 Å². The van der Waals surface area contributed by atoms with Crippen LogP contribution in [0.2, 0.25) is 0 Å². The fraction of sp³-hybridized carbons (Fsp3) is 0.548. The van der Waals surface area contributed by atoms with Gasteiger partial charge in [-0.2, -0.15) is 4.98 Å². The molecule has 1 aliphatic heterocycles. The maximum Gasteiger partial charge on any atom is 0.439 e. The van der Waals surface area contributed by atoms with Crippen LogP contribution in [-0.2, 0) is 11.3 Å². The number of morpholine rings is 1. The standard InChI is InChI=1S/C31H39N9O3/c1-3-20-7-9-21(10-8-20)17-40-25-26(33-19(2)22-5-4-6-22)34-28(29-37-31(41)43-38-29)35-27(25)36-30(40)39-15-16-42-18-24(39)23-11-13-32-14-12-23/h3,11-14,19-22,24H,1,4-10,15-18H2,2H3,(H,33,34,35)(H,37,38,41)/t19-,20?,21?,24+/m1/s1. The summed E-state index contributed by atoms with van der Waals surface area (Å²) in [5.74, 6) is 3.04. The molecule has 3 aliphatic rings. The maximum absolute atomic E-state index is 11.8. The van der Waals surface area contributed by atoms with Crippen LogP contribution in [0.3, 0.4) is 0 Å². The van der Waals surface area contributed by atoms with Gasteiger partial charge in [0.1, 0.15) is 5.52 Å². The van der Waals surface area contributed by atoms with Crippen molar-refractivity contribution < 1.29 is 9.26 Å². The van der Waals surface area contributed by atoms with Crippen molar-refractivity contribution in [1.82, 2.24) is 34.6 Å². The zero-order valence-electron chi connectivity index (χ0n) is 24.6. The second-order valence-corrected chi connectivity index (χ2v) is 12.2. The molecular formula is C31H39N9O3. The molecule has 4 aromatic rings. The van der Waals surface area contributed by atoms with Gasteiger partial charge in [-0.3, -0.25) is 14.5 Å². The van der Waals surface area contributed by atoms with Gasteiger partial charge in [0.25, 0.3) is 0 Å². The van der Waals surface area contributed by atoms with E-state index >= 15 is 0 Å². The Bertz CT molecular complexity index is 1620. The van der Waals surface area contributed by atoms with Gasteiger partial charge in [-0.05, 0) is 80.9 Å². The van der Waals surface area contributed by atoms with Crippen LogP contribution in [0.15, 0.2) is 46.5 Å². The number of allylic oxidation sites excluding steroid dienone is 1. The summed E-state index contributed by atoms with van der Waals surface area (Å²) < 4.78 is 13.1. The lowest BCUT2D eigenvalue weighted by atomic mass is 9.80. The molecule has 0 bridgehead atoms. The Kier molecular flexibility index (Phi) is 7.69. The molecule has 2 atom stereocenters. The molecule has 43 heavy (non-hydrogen) atoms. The quantitative estimate of drug-likeness (QED) is 0.265. The van der Waals surface area contributed by atoms with E-state index in [4.69, 9.17) is 24.2 Å². The molecule has 12 nitrogen and oxygen atoms in total. The lowest BCUT2D eigenvalue weighted by molar-refractivity contribution is 0.0927. The van der Waals surface area contributed by atoms with Crippen LogP contribution < -0.4 is 16.0 Å². The number of nitrogens with zero attached hydrogens (tertiary/aromatic N) is 7. The number of ether oxygens (including phenoxy) is 1. The van der Waals surface area contributed by atoms with E-state index in [1.54, 1.807) is 0 Å². The molecule has 0 aromatic carbocycles. The first kappa shape index (κ1) is 27.8. The van der Waals surface area contributed by atoms with Gasteiger partial charge in [-0.15, -0.1) is 6.58 Å². The van der Waals surface area contributed by atoms with E-state index in [-0.39, 0.29) is 23.7 Å². The summed E-state index contributed by atoms with van der Waals surface area (Å²) in [6, 6.07) is 4.29. The van der Waals surface area contributed by atoms with Crippen molar-refractivity contribution >= 4 is 22.9 Å². The summed E-state index contributed by atoms with van der Waals surface area (Å²) in [6.45, 7) is 8.92. The first-order valence-electron chi connectivity index (χ1n) is 15.6. The predicted octanol–water partition coefficient (Wildman–Crippen LogP) is 4.74. The highest BCUT2D eigenvalue weighted by Gasteiger charge is 2.33. The molecule has 1 saturated heterocycles. The van der Waals surface area contributed by atoms with Crippen LogP contribution >= 0.6 is 0 Å². The number of nitrogens with one attached hydrogen (secondary N) is 2. The van der Waals surface area contributed by atoms with Gasteiger partial charge in [0.15, 0.2) is 11.5 Å². The van der Waals surface area contributed by atoms with Crippen molar-refractivity contribution in [2.45, 2.75) is 70.5 Å². The molecule has 0 amide bonds.